The maximum atomic E-state index is 12.6. The van der Waals surface area contributed by atoms with E-state index in [4.69, 9.17) is 5.11 Å². The molecule has 0 aliphatic rings. The highest BCUT2D eigenvalue weighted by Crippen LogP contribution is 2.23. The lowest BCUT2D eigenvalue weighted by Gasteiger charge is -2.05. The van der Waals surface area contributed by atoms with Crippen LogP contribution in [0.2, 0.25) is 0 Å². The Balaban J connectivity index is 2.76. The number of carbonyl (C=O) groups is 1. The van der Waals surface area contributed by atoms with Crippen molar-refractivity contribution in [2.24, 2.45) is 0 Å². The van der Waals surface area contributed by atoms with Crippen molar-refractivity contribution >= 4 is 17.0 Å². The lowest BCUT2D eigenvalue weighted by molar-refractivity contribution is 0.0682. The zero-order valence-electron chi connectivity index (χ0n) is 7.89. The van der Waals surface area contributed by atoms with E-state index < -0.39 is 23.7 Å². The predicted octanol–water partition coefficient (Wildman–Crippen LogP) is 2.27. The van der Waals surface area contributed by atoms with Crippen LogP contribution in [-0.2, 0) is 0 Å². The SMILES string of the molecule is O=C(O)c1cc2cccnc2nc1C(F)F. The smallest absolute Gasteiger partial charge is 0.337 e. The van der Waals surface area contributed by atoms with Gasteiger partial charge in [-0.05, 0) is 18.2 Å². The Morgan fingerprint density at radius 2 is 2.19 bits per heavy atom. The van der Waals surface area contributed by atoms with Crippen molar-refractivity contribution in [3.63, 3.8) is 0 Å². The van der Waals surface area contributed by atoms with E-state index in [0.29, 0.717) is 5.39 Å². The van der Waals surface area contributed by atoms with E-state index in [-0.39, 0.29) is 5.65 Å². The lowest BCUT2D eigenvalue weighted by Crippen LogP contribution is -2.06. The van der Waals surface area contributed by atoms with Gasteiger partial charge in [0, 0.05) is 11.6 Å². The second-order valence-electron chi connectivity index (χ2n) is 3.08. The maximum absolute atomic E-state index is 12.6. The molecule has 2 heterocycles. The molecule has 2 aromatic heterocycles. The number of pyridine rings is 2. The minimum atomic E-state index is -2.93. The molecule has 0 unspecified atom stereocenters. The van der Waals surface area contributed by atoms with Crippen LogP contribution >= 0.6 is 0 Å². The highest BCUT2D eigenvalue weighted by Gasteiger charge is 2.20. The third-order valence-corrected chi connectivity index (χ3v) is 2.06. The molecule has 0 fully saturated rings. The van der Waals surface area contributed by atoms with Crippen molar-refractivity contribution in [3.05, 3.63) is 35.7 Å². The summed E-state index contributed by atoms with van der Waals surface area (Å²) in [5.74, 6) is -1.42. The monoisotopic (exact) mass is 224 g/mol. The number of carboxylic acids is 1. The van der Waals surface area contributed by atoms with Gasteiger partial charge in [-0.15, -0.1) is 0 Å². The molecule has 0 saturated heterocycles. The Labute approximate surface area is 88.6 Å². The summed E-state index contributed by atoms with van der Waals surface area (Å²) in [6.45, 7) is 0. The fraction of sp³-hybridized carbons (Fsp3) is 0.100. The minimum Gasteiger partial charge on any atom is -0.478 e. The average Bonchev–Trinajstić information content (AvgIpc) is 2.27. The fourth-order valence-electron chi connectivity index (χ4n) is 1.36. The molecular formula is C10H6F2N2O2. The number of halogens is 2. The zero-order chi connectivity index (χ0) is 11.7. The van der Waals surface area contributed by atoms with Crippen LogP contribution < -0.4 is 0 Å². The molecule has 0 saturated carbocycles. The topological polar surface area (TPSA) is 63.1 Å². The molecule has 0 atom stereocenters. The van der Waals surface area contributed by atoms with Crippen LogP contribution in [0.1, 0.15) is 22.5 Å². The summed E-state index contributed by atoms with van der Waals surface area (Å²) in [4.78, 5) is 18.1. The van der Waals surface area contributed by atoms with Crippen LogP contribution in [0.15, 0.2) is 24.4 Å². The first-order chi connectivity index (χ1) is 7.59. The lowest BCUT2D eigenvalue weighted by atomic mass is 10.1. The van der Waals surface area contributed by atoms with Crippen LogP contribution in [0.4, 0.5) is 8.78 Å². The van der Waals surface area contributed by atoms with Gasteiger partial charge >= 0.3 is 5.97 Å². The number of fused-ring (bicyclic) bond motifs is 1. The van der Waals surface area contributed by atoms with E-state index in [9.17, 15) is 13.6 Å². The molecule has 2 aromatic rings. The molecule has 0 aliphatic heterocycles. The number of aromatic carboxylic acids is 1. The summed E-state index contributed by atoms with van der Waals surface area (Å²) in [6, 6.07) is 4.30. The van der Waals surface area contributed by atoms with Crippen LogP contribution in [0.3, 0.4) is 0 Å². The van der Waals surface area contributed by atoms with Gasteiger partial charge in [-0.1, -0.05) is 0 Å². The summed E-state index contributed by atoms with van der Waals surface area (Å²) >= 11 is 0. The molecule has 0 aromatic carbocycles. The molecule has 6 heteroatoms. The molecule has 4 nitrogen and oxygen atoms in total. The molecule has 2 rings (SSSR count). The highest BCUT2D eigenvalue weighted by atomic mass is 19.3. The average molecular weight is 224 g/mol. The molecule has 16 heavy (non-hydrogen) atoms. The summed E-state index contributed by atoms with van der Waals surface area (Å²) in [7, 11) is 0. The molecule has 1 N–H and O–H groups in total. The van der Waals surface area contributed by atoms with Gasteiger partial charge in [0.1, 0.15) is 5.69 Å². The Morgan fingerprint density at radius 1 is 1.44 bits per heavy atom. The first-order valence-corrected chi connectivity index (χ1v) is 4.36. The van der Waals surface area contributed by atoms with Crippen molar-refractivity contribution in [2.45, 2.75) is 6.43 Å². The second kappa shape index (κ2) is 3.80. The Hall–Kier alpha value is -2.11. The van der Waals surface area contributed by atoms with Crippen molar-refractivity contribution in [1.82, 2.24) is 9.97 Å². The van der Waals surface area contributed by atoms with Crippen molar-refractivity contribution < 1.29 is 18.7 Å². The Bertz CT molecular complexity index is 558. The van der Waals surface area contributed by atoms with Crippen LogP contribution in [0.25, 0.3) is 11.0 Å². The van der Waals surface area contributed by atoms with Gasteiger partial charge in [-0.2, -0.15) is 0 Å². The Kier molecular flexibility index (Phi) is 2.47. The molecule has 0 bridgehead atoms. The summed E-state index contributed by atoms with van der Waals surface area (Å²) in [6.07, 6.45) is -1.53. The van der Waals surface area contributed by atoms with Crippen molar-refractivity contribution in [3.8, 4) is 0 Å². The van der Waals surface area contributed by atoms with Gasteiger partial charge in [-0.3, -0.25) is 0 Å². The quantitative estimate of drug-likeness (QED) is 0.849. The van der Waals surface area contributed by atoms with E-state index in [1.807, 2.05) is 0 Å². The number of nitrogens with zero attached hydrogens (tertiary/aromatic N) is 2. The number of carboxylic acid groups (broad SMARTS) is 1. The van der Waals surface area contributed by atoms with Crippen LogP contribution in [0.5, 0.6) is 0 Å². The maximum Gasteiger partial charge on any atom is 0.337 e. The number of alkyl halides is 2. The summed E-state index contributed by atoms with van der Waals surface area (Å²) in [5.41, 5.74) is -1.13. The molecule has 82 valence electrons. The van der Waals surface area contributed by atoms with Gasteiger partial charge in [0.25, 0.3) is 6.43 Å². The molecule has 0 spiro atoms. The predicted molar refractivity (Wildman–Crippen MR) is 51.5 cm³/mol. The van der Waals surface area contributed by atoms with E-state index in [0.717, 1.165) is 6.07 Å². The van der Waals surface area contributed by atoms with E-state index in [1.165, 1.54) is 6.20 Å². The van der Waals surface area contributed by atoms with E-state index in [1.54, 1.807) is 12.1 Å². The van der Waals surface area contributed by atoms with Gasteiger partial charge in [-0.25, -0.2) is 23.5 Å². The van der Waals surface area contributed by atoms with Gasteiger partial charge in [0.2, 0.25) is 0 Å². The number of aromatic nitrogens is 2. The highest BCUT2D eigenvalue weighted by molar-refractivity contribution is 5.93. The zero-order valence-corrected chi connectivity index (χ0v) is 7.89. The van der Waals surface area contributed by atoms with Gasteiger partial charge in [0.05, 0.1) is 5.56 Å². The fourth-order valence-corrected chi connectivity index (χ4v) is 1.36. The van der Waals surface area contributed by atoms with Gasteiger partial charge in [0.15, 0.2) is 5.65 Å². The summed E-state index contributed by atoms with van der Waals surface area (Å²) < 4.78 is 25.1. The molecule has 0 amide bonds. The Morgan fingerprint density at radius 3 is 2.81 bits per heavy atom. The minimum absolute atomic E-state index is 0.114. The van der Waals surface area contributed by atoms with E-state index >= 15 is 0 Å². The van der Waals surface area contributed by atoms with Crippen LogP contribution in [0, 0.1) is 0 Å². The third-order valence-electron chi connectivity index (χ3n) is 2.06. The van der Waals surface area contributed by atoms with Crippen LogP contribution in [-0.4, -0.2) is 21.0 Å². The molecule has 0 radical (unpaired) electrons. The standard InChI is InChI=1S/C10H6F2N2O2/c11-8(12)7-6(10(15)16)4-5-2-1-3-13-9(5)14-7/h1-4,8H,(H,15,16). The van der Waals surface area contributed by atoms with Crippen molar-refractivity contribution in [1.29, 1.82) is 0 Å². The number of hydrogen-bond donors (Lipinski definition) is 1. The molecule has 0 aliphatic carbocycles. The first-order valence-electron chi connectivity index (χ1n) is 4.36. The molecular weight excluding hydrogens is 218 g/mol. The van der Waals surface area contributed by atoms with Crippen molar-refractivity contribution in [2.75, 3.05) is 0 Å². The second-order valence-corrected chi connectivity index (χ2v) is 3.08. The largest absolute Gasteiger partial charge is 0.478 e. The van der Waals surface area contributed by atoms with Gasteiger partial charge < -0.3 is 5.11 Å². The number of hydrogen-bond acceptors (Lipinski definition) is 3. The summed E-state index contributed by atoms with van der Waals surface area (Å²) in [5, 5.41) is 9.20. The normalized spacial score (nSPS) is 10.9. The third kappa shape index (κ3) is 1.69. The van der Waals surface area contributed by atoms with E-state index in [2.05, 4.69) is 9.97 Å². The number of rotatable bonds is 2. The first kappa shape index (κ1) is 10.4.